The van der Waals surface area contributed by atoms with E-state index in [1.165, 1.54) is 35.7 Å². The van der Waals surface area contributed by atoms with E-state index in [0.29, 0.717) is 16.8 Å². The van der Waals surface area contributed by atoms with Gasteiger partial charge in [0, 0.05) is 21.4 Å². The van der Waals surface area contributed by atoms with Crippen LogP contribution in [0.5, 0.6) is 0 Å². The summed E-state index contributed by atoms with van der Waals surface area (Å²) >= 11 is 6.85. The summed E-state index contributed by atoms with van der Waals surface area (Å²) in [6, 6.07) is 9.99. The largest absolute Gasteiger partial charge is 0.461 e. The van der Waals surface area contributed by atoms with Gasteiger partial charge in [0.15, 0.2) is 5.69 Å². The minimum absolute atomic E-state index is 0.0386. The van der Waals surface area contributed by atoms with E-state index < -0.39 is 29.2 Å². The summed E-state index contributed by atoms with van der Waals surface area (Å²) in [4.78, 5) is 38.7. The van der Waals surface area contributed by atoms with Crippen molar-refractivity contribution in [3.05, 3.63) is 86.1 Å². The number of benzene rings is 2. The van der Waals surface area contributed by atoms with Gasteiger partial charge >= 0.3 is 12.1 Å². The van der Waals surface area contributed by atoms with Crippen molar-refractivity contribution in [1.29, 1.82) is 0 Å². The fraction of sp³-hybridized carbons (Fsp3) is 0.130. The second-order valence-corrected chi connectivity index (χ2v) is 8.46. The molecule has 0 fully saturated rings. The maximum Gasteiger partial charge on any atom is 0.416 e. The zero-order chi connectivity index (χ0) is 25.3. The summed E-state index contributed by atoms with van der Waals surface area (Å²) in [5.74, 6) is -1.64. The Kier molecular flexibility index (Phi) is 6.64. The number of carbonyl (C=O) groups excluding carboxylic acids is 2. The van der Waals surface area contributed by atoms with Gasteiger partial charge in [0.25, 0.3) is 11.5 Å². The van der Waals surface area contributed by atoms with Gasteiger partial charge in [0.1, 0.15) is 5.00 Å². The molecule has 4 rings (SSSR count). The Hall–Kier alpha value is -3.70. The van der Waals surface area contributed by atoms with Crippen LogP contribution in [-0.4, -0.2) is 28.3 Å². The Morgan fingerprint density at radius 2 is 1.89 bits per heavy atom. The number of carbonyl (C=O) groups is 2. The van der Waals surface area contributed by atoms with Crippen LogP contribution in [0.25, 0.3) is 16.5 Å². The van der Waals surface area contributed by atoms with Crippen LogP contribution >= 0.6 is 22.9 Å². The number of nitrogens with zero attached hydrogens (tertiary/aromatic N) is 2. The van der Waals surface area contributed by atoms with Crippen molar-refractivity contribution in [2.45, 2.75) is 13.1 Å². The number of ether oxygens (including phenoxy) is 1. The fourth-order valence-corrected chi connectivity index (χ4v) is 4.32. The number of esters is 1. The third-order valence-electron chi connectivity index (χ3n) is 4.87. The SMILES string of the molecule is CCOC(=O)c1nn(-c2ccc(Cl)cc2)c(=O)c2c(NC(=O)c3cccc(C(F)(F)F)c3)scc12. The van der Waals surface area contributed by atoms with E-state index in [1.807, 2.05) is 0 Å². The van der Waals surface area contributed by atoms with E-state index in [1.54, 1.807) is 6.92 Å². The molecule has 0 aliphatic carbocycles. The van der Waals surface area contributed by atoms with Crippen LogP contribution in [0.4, 0.5) is 18.2 Å². The zero-order valence-electron chi connectivity index (χ0n) is 17.9. The molecule has 4 aromatic rings. The number of halogens is 4. The van der Waals surface area contributed by atoms with Gasteiger partial charge in [0.05, 0.1) is 23.2 Å². The van der Waals surface area contributed by atoms with Gasteiger partial charge in [0.2, 0.25) is 0 Å². The molecule has 0 atom stereocenters. The minimum atomic E-state index is -4.63. The van der Waals surface area contributed by atoms with Crippen LogP contribution in [0.15, 0.2) is 58.7 Å². The van der Waals surface area contributed by atoms with Crippen molar-refractivity contribution in [2.75, 3.05) is 11.9 Å². The van der Waals surface area contributed by atoms with Crippen molar-refractivity contribution in [2.24, 2.45) is 0 Å². The second-order valence-electron chi connectivity index (χ2n) is 7.15. The van der Waals surface area contributed by atoms with Crippen LogP contribution in [-0.2, 0) is 10.9 Å². The molecule has 1 N–H and O–H groups in total. The van der Waals surface area contributed by atoms with Crippen LogP contribution in [0, 0.1) is 0 Å². The Bertz CT molecular complexity index is 1500. The number of aromatic nitrogens is 2. The molecule has 0 aliphatic rings. The third-order valence-corrected chi connectivity index (χ3v) is 6.02. The van der Waals surface area contributed by atoms with Crippen molar-refractivity contribution in [3.63, 3.8) is 0 Å². The highest BCUT2D eigenvalue weighted by molar-refractivity contribution is 7.16. The lowest BCUT2D eigenvalue weighted by atomic mass is 10.1. The molecule has 0 unspecified atom stereocenters. The average molecular weight is 522 g/mol. The average Bonchev–Trinajstić information content (AvgIpc) is 3.24. The highest BCUT2D eigenvalue weighted by atomic mass is 35.5. The minimum Gasteiger partial charge on any atom is -0.461 e. The molecule has 2 aromatic carbocycles. The van der Waals surface area contributed by atoms with E-state index in [-0.39, 0.29) is 33.6 Å². The Labute approximate surface area is 204 Å². The molecule has 1 amide bonds. The van der Waals surface area contributed by atoms with Crippen molar-refractivity contribution < 1.29 is 27.5 Å². The van der Waals surface area contributed by atoms with Crippen molar-refractivity contribution >= 4 is 50.6 Å². The lowest BCUT2D eigenvalue weighted by Crippen LogP contribution is -2.25. The Morgan fingerprint density at radius 1 is 1.17 bits per heavy atom. The lowest BCUT2D eigenvalue weighted by molar-refractivity contribution is -0.137. The molecule has 180 valence electrons. The molecule has 7 nitrogen and oxygen atoms in total. The normalized spacial score (nSPS) is 11.5. The molecule has 0 bridgehead atoms. The monoisotopic (exact) mass is 521 g/mol. The van der Waals surface area contributed by atoms with Crippen molar-refractivity contribution in [3.8, 4) is 5.69 Å². The van der Waals surface area contributed by atoms with E-state index in [2.05, 4.69) is 10.4 Å². The molecule has 12 heteroatoms. The predicted molar refractivity (Wildman–Crippen MR) is 126 cm³/mol. The quantitative estimate of drug-likeness (QED) is 0.348. The number of hydrogen-bond acceptors (Lipinski definition) is 6. The van der Waals surface area contributed by atoms with Gasteiger partial charge < -0.3 is 10.1 Å². The maximum absolute atomic E-state index is 13.4. The summed E-state index contributed by atoms with van der Waals surface area (Å²) in [5.41, 5.74) is -1.75. The number of amides is 1. The molecule has 0 aliphatic heterocycles. The number of rotatable bonds is 5. The van der Waals surface area contributed by atoms with E-state index in [0.717, 1.165) is 28.2 Å². The number of thiophene rings is 1. The number of fused-ring (bicyclic) bond motifs is 1. The fourth-order valence-electron chi connectivity index (χ4n) is 3.26. The topological polar surface area (TPSA) is 90.3 Å². The summed E-state index contributed by atoms with van der Waals surface area (Å²) < 4.78 is 45.2. The summed E-state index contributed by atoms with van der Waals surface area (Å²) in [6.45, 7) is 1.67. The van der Waals surface area contributed by atoms with E-state index in [4.69, 9.17) is 16.3 Å². The van der Waals surface area contributed by atoms with Crippen LogP contribution in [0.2, 0.25) is 5.02 Å². The Morgan fingerprint density at radius 3 is 2.54 bits per heavy atom. The first kappa shape index (κ1) is 24.4. The predicted octanol–water partition coefficient (Wildman–Crippen LogP) is 5.55. The highest BCUT2D eigenvalue weighted by Gasteiger charge is 2.31. The molecule has 2 heterocycles. The van der Waals surface area contributed by atoms with Crippen LogP contribution in [0.3, 0.4) is 0 Å². The van der Waals surface area contributed by atoms with E-state index >= 15 is 0 Å². The molecular weight excluding hydrogens is 507 g/mol. The Balaban J connectivity index is 1.84. The number of nitrogens with one attached hydrogen (secondary N) is 1. The second kappa shape index (κ2) is 9.51. The van der Waals surface area contributed by atoms with Gasteiger partial charge in [-0.1, -0.05) is 17.7 Å². The molecule has 2 aromatic heterocycles. The summed E-state index contributed by atoms with van der Waals surface area (Å²) in [7, 11) is 0. The van der Waals surface area contributed by atoms with Crippen LogP contribution < -0.4 is 10.9 Å². The van der Waals surface area contributed by atoms with Gasteiger partial charge in [-0.25, -0.2) is 4.79 Å². The van der Waals surface area contributed by atoms with Gasteiger partial charge in [-0.15, -0.1) is 11.3 Å². The molecular formula is C23H15ClF3N3O4S. The first-order valence-corrected chi connectivity index (χ1v) is 11.3. The molecule has 0 saturated carbocycles. The number of anilines is 1. The molecule has 0 radical (unpaired) electrons. The summed E-state index contributed by atoms with van der Waals surface area (Å²) in [6.07, 6.45) is -4.63. The summed E-state index contributed by atoms with van der Waals surface area (Å²) in [5, 5.41) is 8.66. The van der Waals surface area contributed by atoms with E-state index in [9.17, 15) is 27.6 Å². The van der Waals surface area contributed by atoms with Crippen molar-refractivity contribution in [1.82, 2.24) is 9.78 Å². The molecule has 35 heavy (non-hydrogen) atoms. The highest BCUT2D eigenvalue weighted by Crippen LogP contribution is 2.32. The van der Waals surface area contributed by atoms with Gasteiger partial charge in [-0.05, 0) is 49.4 Å². The van der Waals surface area contributed by atoms with Crippen LogP contribution in [0.1, 0.15) is 33.3 Å². The lowest BCUT2D eigenvalue weighted by Gasteiger charge is -2.11. The van der Waals surface area contributed by atoms with Gasteiger partial charge in [-0.2, -0.15) is 23.0 Å². The smallest absolute Gasteiger partial charge is 0.416 e. The zero-order valence-corrected chi connectivity index (χ0v) is 19.4. The number of alkyl halides is 3. The third kappa shape index (κ3) is 4.91. The first-order valence-electron chi connectivity index (χ1n) is 10.1. The van der Waals surface area contributed by atoms with Gasteiger partial charge in [-0.3, -0.25) is 9.59 Å². The maximum atomic E-state index is 13.4. The number of hydrogen-bond donors (Lipinski definition) is 1. The molecule has 0 spiro atoms. The first-order chi connectivity index (χ1) is 16.6. The standard InChI is InChI=1S/C23H15ClF3N3O4S/c1-2-34-22(33)18-16-11-35-20(28-19(31)12-4-3-5-13(10-12)23(25,26)27)17(16)21(32)30(29-18)15-8-6-14(24)7-9-15/h3-11H,2H2,1H3,(H,28,31). The molecule has 0 saturated heterocycles.